The van der Waals surface area contributed by atoms with Crippen molar-refractivity contribution in [2.75, 3.05) is 0 Å². The highest BCUT2D eigenvalue weighted by atomic mass is 14.3. The highest BCUT2D eigenvalue weighted by molar-refractivity contribution is 5.57. The van der Waals surface area contributed by atoms with Crippen molar-refractivity contribution in [3.8, 4) is 0 Å². The summed E-state index contributed by atoms with van der Waals surface area (Å²) in [4.78, 5) is 0. The topological polar surface area (TPSA) is 0 Å². The van der Waals surface area contributed by atoms with Crippen LogP contribution in [0.3, 0.4) is 0 Å². The molecule has 0 aliphatic heterocycles. The van der Waals surface area contributed by atoms with E-state index in [9.17, 15) is 0 Å². The first-order valence-electron chi connectivity index (χ1n) is 5.05. The Morgan fingerprint density at radius 1 is 1.31 bits per heavy atom. The standard InChI is InChI=1S/C13H16/c1-3-5-11-7-4-6-10(2)13(11)12-8-9-12/h3-7,12H,8-9H2,1-2H3/b5-3+. The molecule has 1 aromatic carbocycles. The lowest BCUT2D eigenvalue weighted by molar-refractivity contribution is 1.09. The molecule has 1 aliphatic carbocycles. The number of aryl methyl sites for hydroxylation is 1. The Morgan fingerprint density at radius 3 is 2.69 bits per heavy atom. The van der Waals surface area contributed by atoms with E-state index in [0.717, 1.165) is 5.92 Å². The van der Waals surface area contributed by atoms with Crippen LogP contribution in [0.2, 0.25) is 0 Å². The molecular weight excluding hydrogens is 156 g/mol. The van der Waals surface area contributed by atoms with Gasteiger partial charge in [0.05, 0.1) is 0 Å². The molecule has 0 amide bonds. The van der Waals surface area contributed by atoms with Crippen molar-refractivity contribution in [2.24, 2.45) is 0 Å². The molecule has 0 nitrogen and oxygen atoms in total. The fraction of sp³-hybridized carbons (Fsp3) is 0.385. The fourth-order valence-electron chi connectivity index (χ4n) is 1.96. The highest BCUT2D eigenvalue weighted by Gasteiger charge is 2.26. The molecule has 0 heterocycles. The van der Waals surface area contributed by atoms with Crippen LogP contribution >= 0.6 is 0 Å². The second-order valence-corrected chi connectivity index (χ2v) is 3.85. The Balaban J connectivity index is 2.47. The van der Waals surface area contributed by atoms with Gasteiger partial charge in [-0.2, -0.15) is 0 Å². The third-order valence-corrected chi connectivity index (χ3v) is 2.69. The third kappa shape index (κ3) is 1.67. The van der Waals surface area contributed by atoms with E-state index in [1.54, 1.807) is 5.56 Å². The lowest BCUT2D eigenvalue weighted by Crippen LogP contribution is -1.89. The number of hydrogen-bond donors (Lipinski definition) is 0. The fourth-order valence-corrected chi connectivity index (χ4v) is 1.96. The zero-order chi connectivity index (χ0) is 9.26. The molecule has 1 aliphatic rings. The molecule has 0 N–H and O–H groups in total. The van der Waals surface area contributed by atoms with Gasteiger partial charge in [0.25, 0.3) is 0 Å². The van der Waals surface area contributed by atoms with Crippen LogP contribution in [0.5, 0.6) is 0 Å². The number of rotatable bonds is 2. The second kappa shape index (κ2) is 3.37. The molecule has 0 radical (unpaired) electrons. The summed E-state index contributed by atoms with van der Waals surface area (Å²) in [6.07, 6.45) is 7.12. The molecule has 0 atom stereocenters. The smallest absolute Gasteiger partial charge is 0.0153 e. The molecule has 2 rings (SSSR count). The van der Waals surface area contributed by atoms with Crippen LogP contribution in [0.15, 0.2) is 24.3 Å². The van der Waals surface area contributed by atoms with Crippen molar-refractivity contribution in [1.82, 2.24) is 0 Å². The first kappa shape index (κ1) is 8.55. The maximum absolute atomic E-state index is 2.22. The second-order valence-electron chi connectivity index (χ2n) is 3.85. The lowest BCUT2D eigenvalue weighted by Gasteiger charge is -2.07. The van der Waals surface area contributed by atoms with E-state index < -0.39 is 0 Å². The van der Waals surface area contributed by atoms with Gasteiger partial charge in [0.2, 0.25) is 0 Å². The summed E-state index contributed by atoms with van der Waals surface area (Å²) in [5.41, 5.74) is 4.46. The van der Waals surface area contributed by atoms with E-state index in [1.165, 1.54) is 24.0 Å². The molecule has 0 heteroatoms. The summed E-state index contributed by atoms with van der Waals surface area (Å²) in [6, 6.07) is 6.60. The molecular formula is C13H16. The molecule has 0 aromatic heterocycles. The van der Waals surface area contributed by atoms with Crippen molar-refractivity contribution in [1.29, 1.82) is 0 Å². The van der Waals surface area contributed by atoms with Gasteiger partial charge >= 0.3 is 0 Å². The van der Waals surface area contributed by atoms with E-state index in [4.69, 9.17) is 0 Å². The van der Waals surface area contributed by atoms with Gasteiger partial charge in [-0.3, -0.25) is 0 Å². The van der Waals surface area contributed by atoms with Gasteiger partial charge < -0.3 is 0 Å². The molecule has 0 spiro atoms. The van der Waals surface area contributed by atoms with Crippen LogP contribution in [-0.4, -0.2) is 0 Å². The summed E-state index contributed by atoms with van der Waals surface area (Å²) < 4.78 is 0. The molecule has 1 saturated carbocycles. The van der Waals surface area contributed by atoms with Crippen molar-refractivity contribution in [3.63, 3.8) is 0 Å². The van der Waals surface area contributed by atoms with Gasteiger partial charge in [-0.05, 0) is 49.3 Å². The molecule has 0 saturated heterocycles. The summed E-state index contributed by atoms with van der Waals surface area (Å²) in [6.45, 7) is 4.31. The van der Waals surface area contributed by atoms with E-state index >= 15 is 0 Å². The molecule has 68 valence electrons. The van der Waals surface area contributed by atoms with Gasteiger partial charge in [-0.1, -0.05) is 30.4 Å². The van der Waals surface area contributed by atoms with Crippen LogP contribution < -0.4 is 0 Å². The summed E-state index contributed by atoms with van der Waals surface area (Å²) in [7, 11) is 0. The summed E-state index contributed by atoms with van der Waals surface area (Å²) in [5, 5.41) is 0. The minimum atomic E-state index is 0.854. The Morgan fingerprint density at radius 2 is 2.08 bits per heavy atom. The minimum Gasteiger partial charge on any atom is -0.0871 e. The Bertz CT molecular complexity index is 330. The highest BCUT2D eigenvalue weighted by Crippen LogP contribution is 2.43. The quantitative estimate of drug-likeness (QED) is 0.634. The van der Waals surface area contributed by atoms with Crippen molar-refractivity contribution >= 4 is 6.08 Å². The van der Waals surface area contributed by atoms with Crippen LogP contribution in [0.1, 0.15) is 42.4 Å². The average Bonchev–Trinajstić information content (AvgIpc) is 2.88. The Labute approximate surface area is 80.3 Å². The first-order chi connectivity index (χ1) is 6.33. The van der Waals surface area contributed by atoms with E-state index in [0.29, 0.717) is 0 Å². The largest absolute Gasteiger partial charge is 0.0871 e. The summed E-state index contributed by atoms with van der Waals surface area (Å²) in [5.74, 6) is 0.854. The van der Waals surface area contributed by atoms with E-state index in [1.807, 2.05) is 0 Å². The Hall–Kier alpha value is -1.04. The normalized spacial score (nSPS) is 16.8. The Kier molecular flexibility index (Phi) is 2.22. The average molecular weight is 172 g/mol. The molecule has 0 bridgehead atoms. The summed E-state index contributed by atoms with van der Waals surface area (Å²) >= 11 is 0. The molecule has 0 unspecified atom stereocenters. The maximum Gasteiger partial charge on any atom is -0.0153 e. The van der Waals surface area contributed by atoms with Crippen LogP contribution in [0, 0.1) is 6.92 Å². The number of hydrogen-bond acceptors (Lipinski definition) is 0. The SMILES string of the molecule is C/C=C/c1cccc(C)c1C1CC1. The van der Waals surface area contributed by atoms with Crippen molar-refractivity contribution < 1.29 is 0 Å². The minimum absolute atomic E-state index is 0.854. The zero-order valence-electron chi connectivity index (χ0n) is 8.38. The van der Waals surface area contributed by atoms with E-state index in [2.05, 4.69) is 44.2 Å². The van der Waals surface area contributed by atoms with Gasteiger partial charge in [0.15, 0.2) is 0 Å². The van der Waals surface area contributed by atoms with Crippen molar-refractivity contribution in [2.45, 2.75) is 32.6 Å². The zero-order valence-corrected chi connectivity index (χ0v) is 8.38. The first-order valence-corrected chi connectivity index (χ1v) is 5.05. The van der Waals surface area contributed by atoms with Gasteiger partial charge in [0, 0.05) is 0 Å². The number of benzene rings is 1. The van der Waals surface area contributed by atoms with Crippen LogP contribution in [-0.2, 0) is 0 Å². The lowest BCUT2D eigenvalue weighted by atomic mass is 9.98. The van der Waals surface area contributed by atoms with Crippen LogP contribution in [0.25, 0.3) is 6.08 Å². The predicted molar refractivity (Wildman–Crippen MR) is 57.9 cm³/mol. The number of allylic oxidation sites excluding steroid dienone is 1. The predicted octanol–water partition coefficient (Wildman–Crippen LogP) is 3.91. The van der Waals surface area contributed by atoms with Gasteiger partial charge in [-0.25, -0.2) is 0 Å². The maximum atomic E-state index is 2.22. The molecule has 1 aromatic rings. The monoisotopic (exact) mass is 172 g/mol. The van der Waals surface area contributed by atoms with Crippen molar-refractivity contribution in [3.05, 3.63) is 41.0 Å². The third-order valence-electron chi connectivity index (χ3n) is 2.69. The van der Waals surface area contributed by atoms with Gasteiger partial charge in [0.1, 0.15) is 0 Å². The van der Waals surface area contributed by atoms with E-state index in [-0.39, 0.29) is 0 Å². The molecule has 1 fully saturated rings. The van der Waals surface area contributed by atoms with Crippen LogP contribution in [0.4, 0.5) is 0 Å². The molecule has 13 heavy (non-hydrogen) atoms. The van der Waals surface area contributed by atoms with Gasteiger partial charge in [-0.15, -0.1) is 0 Å².